The van der Waals surface area contributed by atoms with Crippen LogP contribution in [-0.2, 0) is 6.54 Å². The average Bonchev–Trinajstić information content (AvgIpc) is 3.18. The van der Waals surface area contributed by atoms with Crippen LogP contribution >= 0.6 is 0 Å². The van der Waals surface area contributed by atoms with E-state index in [-0.39, 0.29) is 29.8 Å². The largest absolute Gasteiger partial charge is 0.486 e. The first kappa shape index (κ1) is 20.2. The summed E-state index contributed by atoms with van der Waals surface area (Å²) in [5, 5.41) is 0. The van der Waals surface area contributed by atoms with Crippen LogP contribution in [0.1, 0.15) is 48.1 Å². The SMILES string of the molecule is CCCn1c(N)c(C(=O)CN2CCCC2c2ccc3c(c2)OCCO3)c(=O)[nH]c1=O. The monoisotopic (exact) mass is 414 g/mol. The molecule has 9 nitrogen and oxygen atoms in total. The lowest BCUT2D eigenvalue weighted by atomic mass is 10.0. The molecule has 1 unspecified atom stereocenters. The summed E-state index contributed by atoms with van der Waals surface area (Å²) in [6.07, 6.45) is 2.49. The van der Waals surface area contributed by atoms with Gasteiger partial charge in [0.15, 0.2) is 17.3 Å². The van der Waals surface area contributed by atoms with Crippen molar-refractivity contribution >= 4 is 11.6 Å². The molecule has 3 heterocycles. The van der Waals surface area contributed by atoms with Crippen molar-refractivity contribution in [1.82, 2.24) is 14.5 Å². The Hall–Kier alpha value is -3.07. The summed E-state index contributed by atoms with van der Waals surface area (Å²) in [5.41, 5.74) is 5.62. The van der Waals surface area contributed by atoms with Crippen molar-refractivity contribution in [1.29, 1.82) is 0 Å². The van der Waals surface area contributed by atoms with Gasteiger partial charge in [-0.2, -0.15) is 0 Å². The Balaban J connectivity index is 1.58. The molecule has 9 heteroatoms. The van der Waals surface area contributed by atoms with E-state index in [1.807, 2.05) is 30.0 Å². The van der Waals surface area contributed by atoms with Crippen LogP contribution in [0.15, 0.2) is 27.8 Å². The maximum absolute atomic E-state index is 13.0. The third-order valence-corrected chi connectivity index (χ3v) is 5.63. The molecule has 1 aromatic heterocycles. The van der Waals surface area contributed by atoms with E-state index in [1.165, 1.54) is 4.57 Å². The van der Waals surface area contributed by atoms with Crippen molar-refractivity contribution in [2.75, 3.05) is 32.0 Å². The molecular weight excluding hydrogens is 388 g/mol. The lowest BCUT2D eigenvalue weighted by molar-refractivity contribution is 0.0920. The van der Waals surface area contributed by atoms with Gasteiger partial charge >= 0.3 is 5.69 Å². The number of H-pyrrole nitrogens is 1. The first-order chi connectivity index (χ1) is 14.5. The molecule has 1 saturated heterocycles. The van der Waals surface area contributed by atoms with Gasteiger partial charge in [-0.15, -0.1) is 0 Å². The minimum atomic E-state index is -0.732. The maximum Gasteiger partial charge on any atom is 0.329 e. The van der Waals surface area contributed by atoms with Gasteiger partial charge in [-0.25, -0.2) is 4.79 Å². The molecule has 1 fully saturated rings. The predicted molar refractivity (Wildman–Crippen MR) is 111 cm³/mol. The summed E-state index contributed by atoms with van der Waals surface area (Å²) in [6, 6.07) is 5.88. The number of anilines is 1. The normalized spacial score (nSPS) is 18.5. The number of ether oxygens (including phenoxy) is 2. The first-order valence-corrected chi connectivity index (χ1v) is 10.3. The van der Waals surface area contributed by atoms with E-state index < -0.39 is 11.2 Å². The molecule has 0 saturated carbocycles. The molecule has 1 aromatic carbocycles. The number of ketones is 1. The van der Waals surface area contributed by atoms with Crippen LogP contribution in [0.2, 0.25) is 0 Å². The number of hydrogen-bond acceptors (Lipinski definition) is 7. The number of hydrogen-bond donors (Lipinski definition) is 2. The fourth-order valence-electron chi connectivity index (χ4n) is 4.23. The zero-order valence-electron chi connectivity index (χ0n) is 17.0. The molecule has 2 aliphatic heterocycles. The van der Waals surface area contributed by atoms with Gasteiger partial charge in [0, 0.05) is 12.6 Å². The number of carbonyl (C=O) groups excluding carboxylic acids is 1. The fourth-order valence-corrected chi connectivity index (χ4v) is 4.23. The standard InChI is InChI=1S/C21H26N4O5/c1-2-7-25-19(22)18(20(27)23-21(25)28)15(26)12-24-8-3-4-14(24)13-5-6-16-17(11-13)30-10-9-29-16/h5-6,11,14H,2-4,7-10,12,22H2,1H3,(H,23,27,28). The topological polar surface area (TPSA) is 120 Å². The molecule has 0 bridgehead atoms. The van der Waals surface area contributed by atoms with Gasteiger partial charge in [-0.05, 0) is 43.5 Å². The number of benzene rings is 1. The van der Waals surface area contributed by atoms with Crippen LogP contribution in [-0.4, -0.2) is 46.5 Å². The molecule has 0 amide bonds. The number of nitrogens with zero attached hydrogens (tertiary/aromatic N) is 2. The number of aromatic nitrogens is 2. The van der Waals surface area contributed by atoms with Gasteiger partial charge in [0.1, 0.15) is 24.6 Å². The van der Waals surface area contributed by atoms with Gasteiger partial charge in [0.25, 0.3) is 5.56 Å². The van der Waals surface area contributed by atoms with Gasteiger partial charge < -0.3 is 15.2 Å². The second-order valence-electron chi connectivity index (χ2n) is 7.63. The van der Waals surface area contributed by atoms with Crippen LogP contribution in [0.4, 0.5) is 5.82 Å². The number of nitrogens with one attached hydrogen (secondary N) is 1. The molecule has 0 spiro atoms. The fraction of sp³-hybridized carbons (Fsp3) is 0.476. The molecule has 3 N–H and O–H groups in total. The number of fused-ring (bicyclic) bond motifs is 1. The zero-order valence-corrected chi connectivity index (χ0v) is 17.0. The van der Waals surface area contributed by atoms with E-state index in [9.17, 15) is 14.4 Å². The minimum absolute atomic E-state index is 0.0339. The highest BCUT2D eigenvalue weighted by molar-refractivity contribution is 6.01. The average molecular weight is 414 g/mol. The number of nitrogen functional groups attached to an aromatic ring is 1. The van der Waals surface area contributed by atoms with Gasteiger partial charge in [0.05, 0.1) is 6.54 Å². The highest BCUT2D eigenvalue weighted by atomic mass is 16.6. The van der Waals surface area contributed by atoms with Gasteiger partial charge in [0.2, 0.25) is 0 Å². The second-order valence-corrected chi connectivity index (χ2v) is 7.63. The lowest BCUT2D eigenvalue weighted by Crippen LogP contribution is -2.39. The number of nitrogens with two attached hydrogens (primary N) is 1. The third kappa shape index (κ3) is 3.72. The summed E-state index contributed by atoms with van der Waals surface area (Å²) in [5.74, 6) is 0.987. The molecule has 2 aliphatic rings. The highest BCUT2D eigenvalue weighted by Gasteiger charge is 2.30. The van der Waals surface area contributed by atoms with E-state index in [2.05, 4.69) is 4.98 Å². The van der Waals surface area contributed by atoms with Crippen LogP contribution < -0.4 is 26.5 Å². The van der Waals surface area contributed by atoms with Crippen LogP contribution in [0.3, 0.4) is 0 Å². The van der Waals surface area contributed by atoms with Crippen molar-refractivity contribution in [3.05, 3.63) is 50.2 Å². The van der Waals surface area contributed by atoms with Crippen molar-refractivity contribution in [2.24, 2.45) is 0 Å². The summed E-state index contributed by atoms with van der Waals surface area (Å²) < 4.78 is 12.5. The van der Waals surface area contributed by atoms with E-state index in [0.29, 0.717) is 31.9 Å². The van der Waals surface area contributed by atoms with Crippen molar-refractivity contribution in [2.45, 2.75) is 38.8 Å². The summed E-state index contributed by atoms with van der Waals surface area (Å²) >= 11 is 0. The van der Waals surface area contributed by atoms with E-state index in [0.717, 1.165) is 30.7 Å². The molecule has 0 radical (unpaired) electrons. The maximum atomic E-state index is 13.0. The Morgan fingerprint density at radius 3 is 2.77 bits per heavy atom. The molecule has 2 aromatic rings. The second kappa shape index (κ2) is 8.35. The molecule has 160 valence electrons. The van der Waals surface area contributed by atoms with Crippen LogP contribution in [0, 0.1) is 0 Å². The van der Waals surface area contributed by atoms with E-state index in [4.69, 9.17) is 15.2 Å². The predicted octanol–water partition coefficient (Wildman–Crippen LogP) is 1.32. The highest BCUT2D eigenvalue weighted by Crippen LogP contribution is 2.38. The number of aromatic amines is 1. The third-order valence-electron chi connectivity index (χ3n) is 5.63. The van der Waals surface area contributed by atoms with Crippen LogP contribution in [0.25, 0.3) is 0 Å². The minimum Gasteiger partial charge on any atom is -0.486 e. The molecule has 1 atom stereocenters. The van der Waals surface area contributed by atoms with Crippen LogP contribution in [0.5, 0.6) is 11.5 Å². The van der Waals surface area contributed by atoms with Gasteiger partial charge in [-0.3, -0.25) is 24.0 Å². The first-order valence-electron chi connectivity index (χ1n) is 10.3. The Kier molecular flexibility index (Phi) is 5.63. The lowest BCUT2D eigenvalue weighted by Gasteiger charge is -2.26. The van der Waals surface area contributed by atoms with E-state index >= 15 is 0 Å². The molecule has 0 aliphatic carbocycles. The quantitative estimate of drug-likeness (QED) is 0.684. The summed E-state index contributed by atoms with van der Waals surface area (Å²) in [4.78, 5) is 41.6. The molecule has 30 heavy (non-hydrogen) atoms. The van der Waals surface area contributed by atoms with Gasteiger partial charge in [-0.1, -0.05) is 13.0 Å². The van der Waals surface area contributed by atoms with E-state index in [1.54, 1.807) is 0 Å². The Morgan fingerprint density at radius 2 is 2.00 bits per heavy atom. The number of likely N-dealkylation sites (tertiary alicyclic amines) is 1. The van der Waals surface area contributed by atoms with Crippen molar-refractivity contribution < 1.29 is 14.3 Å². The molecule has 4 rings (SSSR count). The Bertz CT molecular complexity index is 1070. The van der Waals surface area contributed by atoms with Crippen molar-refractivity contribution in [3.8, 4) is 11.5 Å². The number of Topliss-reactive ketones (excluding diaryl/α,β-unsaturated/α-hetero) is 1. The smallest absolute Gasteiger partial charge is 0.329 e. The summed E-state index contributed by atoms with van der Waals surface area (Å²) in [7, 11) is 0. The number of carbonyl (C=O) groups is 1. The Morgan fingerprint density at radius 1 is 1.23 bits per heavy atom. The molecular formula is C21H26N4O5. The zero-order chi connectivity index (χ0) is 21.3. The number of rotatable bonds is 6. The summed E-state index contributed by atoms with van der Waals surface area (Å²) in [6.45, 7) is 4.06. The Labute approximate surface area is 173 Å². The van der Waals surface area contributed by atoms with Crippen molar-refractivity contribution in [3.63, 3.8) is 0 Å².